The minimum absolute atomic E-state index is 0.0948. The molecule has 0 spiro atoms. The van der Waals surface area contributed by atoms with E-state index in [1.807, 2.05) is 0 Å². The molecule has 0 saturated carbocycles. The molecule has 1 aliphatic heterocycles. The van der Waals surface area contributed by atoms with Crippen LogP contribution in [0, 0.1) is 10.8 Å². The van der Waals surface area contributed by atoms with Crippen LogP contribution in [-0.2, 0) is 0 Å². The quantitative estimate of drug-likeness (QED) is 0.754. The molecule has 1 fully saturated rings. The number of likely N-dealkylation sites (tertiary alicyclic amines) is 1. The Hall–Kier alpha value is -0.0800. The monoisotopic (exact) mass is 227 g/mol. The Morgan fingerprint density at radius 3 is 2.25 bits per heavy atom. The van der Waals surface area contributed by atoms with Crippen molar-refractivity contribution in [1.82, 2.24) is 4.90 Å². The molecule has 0 radical (unpaired) electrons. The van der Waals surface area contributed by atoms with E-state index in [9.17, 15) is 5.11 Å². The Morgan fingerprint density at radius 2 is 1.88 bits per heavy atom. The molecule has 1 N–H and O–H groups in total. The van der Waals surface area contributed by atoms with E-state index in [0.717, 1.165) is 13.0 Å². The molecular formula is C14H29NO. The number of aliphatic hydroxyl groups is 1. The Morgan fingerprint density at radius 1 is 1.25 bits per heavy atom. The molecule has 1 rings (SSSR count). The van der Waals surface area contributed by atoms with Crippen LogP contribution in [0.5, 0.6) is 0 Å². The molecule has 16 heavy (non-hydrogen) atoms. The fourth-order valence-corrected chi connectivity index (χ4v) is 2.80. The van der Waals surface area contributed by atoms with Gasteiger partial charge in [0, 0.05) is 25.1 Å². The van der Waals surface area contributed by atoms with Gasteiger partial charge >= 0.3 is 0 Å². The van der Waals surface area contributed by atoms with Gasteiger partial charge in [-0.2, -0.15) is 0 Å². The van der Waals surface area contributed by atoms with E-state index in [4.69, 9.17) is 0 Å². The van der Waals surface area contributed by atoms with Crippen molar-refractivity contribution in [3.8, 4) is 0 Å². The highest BCUT2D eigenvalue weighted by atomic mass is 16.3. The summed E-state index contributed by atoms with van der Waals surface area (Å²) in [7, 11) is 0. The van der Waals surface area contributed by atoms with Gasteiger partial charge in [-0.25, -0.2) is 0 Å². The number of aliphatic hydroxyl groups excluding tert-OH is 1. The van der Waals surface area contributed by atoms with Crippen molar-refractivity contribution in [1.29, 1.82) is 0 Å². The summed E-state index contributed by atoms with van der Waals surface area (Å²) in [5.74, 6) is 0. The van der Waals surface area contributed by atoms with Crippen LogP contribution >= 0.6 is 0 Å². The third-order valence-electron chi connectivity index (χ3n) is 4.86. The van der Waals surface area contributed by atoms with E-state index in [1.165, 1.54) is 32.4 Å². The van der Waals surface area contributed by atoms with Crippen LogP contribution in [0.25, 0.3) is 0 Å². The van der Waals surface area contributed by atoms with Crippen LogP contribution in [0.1, 0.15) is 53.4 Å². The molecule has 1 unspecified atom stereocenters. The summed E-state index contributed by atoms with van der Waals surface area (Å²) in [6, 6.07) is 0. The molecule has 0 aromatic heterocycles. The highest BCUT2D eigenvalue weighted by Gasteiger charge is 2.37. The Labute approximate surface area is 101 Å². The summed E-state index contributed by atoms with van der Waals surface area (Å²) in [5.41, 5.74) is 0.654. The molecule has 0 aromatic rings. The van der Waals surface area contributed by atoms with Crippen molar-refractivity contribution in [3.63, 3.8) is 0 Å². The highest BCUT2D eigenvalue weighted by molar-refractivity contribution is 4.90. The molecule has 0 aromatic carbocycles. The van der Waals surface area contributed by atoms with Crippen molar-refractivity contribution >= 4 is 0 Å². The van der Waals surface area contributed by atoms with Crippen molar-refractivity contribution in [2.24, 2.45) is 10.8 Å². The van der Waals surface area contributed by atoms with Gasteiger partial charge in [-0.15, -0.1) is 0 Å². The SMILES string of the molecule is CCC(C)(CO)CN1CCC(CC)(CC)C1. The van der Waals surface area contributed by atoms with Crippen molar-refractivity contribution < 1.29 is 5.11 Å². The van der Waals surface area contributed by atoms with Crippen molar-refractivity contribution in [2.75, 3.05) is 26.2 Å². The molecular weight excluding hydrogens is 198 g/mol. The average Bonchev–Trinajstić information content (AvgIpc) is 2.73. The molecule has 0 bridgehead atoms. The van der Waals surface area contributed by atoms with Crippen LogP contribution < -0.4 is 0 Å². The largest absolute Gasteiger partial charge is 0.396 e. The van der Waals surface area contributed by atoms with Gasteiger partial charge in [0.1, 0.15) is 0 Å². The normalized spacial score (nSPS) is 24.6. The minimum atomic E-state index is 0.0948. The zero-order valence-electron chi connectivity index (χ0n) is 11.6. The predicted octanol–water partition coefficient (Wildman–Crippen LogP) is 2.91. The summed E-state index contributed by atoms with van der Waals surface area (Å²) in [4.78, 5) is 2.56. The standard InChI is InChI=1S/C14H29NO/c1-5-13(4,12-16)10-15-9-8-14(6-2,7-3)11-15/h16H,5-12H2,1-4H3. The molecule has 2 nitrogen and oxygen atoms in total. The summed E-state index contributed by atoms with van der Waals surface area (Å²) >= 11 is 0. The van der Waals surface area contributed by atoms with Gasteiger partial charge in [0.05, 0.1) is 0 Å². The van der Waals surface area contributed by atoms with Gasteiger partial charge in [-0.05, 0) is 37.6 Å². The lowest BCUT2D eigenvalue weighted by atomic mass is 9.81. The maximum absolute atomic E-state index is 9.46. The number of rotatable bonds is 6. The maximum Gasteiger partial charge on any atom is 0.0496 e. The zero-order chi connectivity index (χ0) is 12.2. The second-order valence-electron chi connectivity index (χ2n) is 5.99. The van der Waals surface area contributed by atoms with Gasteiger partial charge in [0.15, 0.2) is 0 Å². The third-order valence-corrected chi connectivity index (χ3v) is 4.86. The lowest BCUT2D eigenvalue weighted by molar-refractivity contribution is 0.0883. The summed E-state index contributed by atoms with van der Waals surface area (Å²) < 4.78 is 0. The van der Waals surface area contributed by atoms with E-state index in [0.29, 0.717) is 12.0 Å². The maximum atomic E-state index is 9.46. The van der Waals surface area contributed by atoms with E-state index < -0.39 is 0 Å². The van der Waals surface area contributed by atoms with Crippen molar-refractivity contribution in [3.05, 3.63) is 0 Å². The van der Waals surface area contributed by atoms with Gasteiger partial charge in [0.2, 0.25) is 0 Å². The van der Waals surface area contributed by atoms with Crippen LogP contribution in [0.3, 0.4) is 0 Å². The van der Waals surface area contributed by atoms with Crippen LogP contribution in [0.4, 0.5) is 0 Å². The highest BCUT2D eigenvalue weighted by Crippen LogP contribution is 2.38. The second kappa shape index (κ2) is 5.50. The smallest absolute Gasteiger partial charge is 0.0496 e. The first-order valence-electron chi connectivity index (χ1n) is 6.86. The first-order chi connectivity index (χ1) is 7.53. The predicted molar refractivity (Wildman–Crippen MR) is 69.6 cm³/mol. The van der Waals surface area contributed by atoms with E-state index in [2.05, 4.69) is 32.6 Å². The third kappa shape index (κ3) is 2.98. The summed E-state index contributed by atoms with van der Waals surface area (Å²) in [6.45, 7) is 12.8. The minimum Gasteiger partial charge on any atom is -0.396 e. The van der Waals surface area contributed by atoms with Crippen LogP contribution in [0.15, 0.2) is 0 Å². The Kier molecular flexibility index (Phi) is 4.81. The molecule has 96 valence electrons. The molecule has 0 aliphatic carbocycles. The number of hydrogen-bond donors (Lipinski definition) is 1. The Bertz CT molecular complexity index is 207. The summed E-state index contributed by atoms with van der Waals surface area (Å²) in [5, 5.41) is 9.46. The van der Waals surface area contributed by atoms with Gasteiger partial charge in [0.25, 0.3) is 0 Å². The second-order valence-corrected chi connectivity index (χ2v) is 5.99. The lowest BCUT2D eigenvalue weighted by Crippen LogP contribution is -2.38. The Balaban J connectivity index is 2.53. The van der Waals surface area contributed by atoms with Gasteiger partial charge in [-0.1, -0.05) is 27.7 Å². The van der Waals surface area contributed by atoms with Crippen LogP contribution in [0.2, 0.25) is 0 Å². The molecule has 1 heterocycles. The van der Waals surface area contributed by atoms with Crippen molar-refractivity contribution in [2.45, 2.75) is 53.4 Å². The molecule has 1 atom stereocenters. The first kappa shape index (κ1) is 14.0. The average molecular weight is 227 g/mol. The van der Waals surface area contributed by atoms with Gasteiger partial charge in [-0.3, -0.25) is 0 Å². The molecule has 2 heteroatoms. The van der Waals surface area contributed by atoms with E-state index in [1.54, 1.807) is 0 Å². The topological polar surface area (TPSA) is 23.5 Å². The molecule has 1 saturated heterocycles. The number of hydrogen-bond acceptors (Lipinski definition) is 2. The number of nitrogens with zero attached hydrogens (tertiary/aromatic N) is 1. The fraction of sp³-hybridized carbons (Fsp3) is 1.00. The fourth-order valence-electron chi connectivity index (χ4n) is 2.80. The van der Waals surface area contributed by atoms with E-state index in [-0.39, 0.29) is 5.41 Å². The lowest BCUT2D eigenvalue weighted by Gasteiger charge is -2.33. The summed E-state index contributed by atoms with van der Waals surface area (Å²) in [6.07, 6.45) is 4.99. The van der Waals surface area contributed by atoms with E-state index >= 15 is 0 Å². The van der Waals surface area contributed by atoms with Gasteiger partial charge < -0.3 is 10.0 Å². The zero-order valence-corrected chi connectivity index (χ0v) is 11.6. The van der Waals surface area contributed by atoms with Crippen LogP contribution in [-0.4, -0.2) is 36.2 Å². The first-order valence-corrected chi connectivity index (χ1v) is 6.86. The molecule has 0 amide bonds. The molecule has 1 aliphatic rings.